The number of nitrogens with zero attached hydrogens (tertiary/aromatic N) is 2. The van der Waals surface area contributed by atoms with Gasteiger partial charge >= 0.3 is 0 Å². The van der Waals surface area contributed by atoms with Crippen LogP contribution in [0, 0.1) is 0 Å². The van der Waals surface area contributed by atoms with Gasteiger partial charge in [0, 0.05) is 34.3 Å². The Morgan fingerprint density at radius 3 is 1.50 bits per heavy atom. The minimum absolute atomic E-state index is 0.551. The summed E-state index contributed by atoms with van der Waals surface area (Å²) in [5, 5.41) is 4.55. The Bertz CT molecular complexity index is 1670. The standard InChI is InChI=1S/C31H18N2O/c1-3-9-21-19(7-1)13-15-25-29(21)34-30-22-10-4-2-8-20(22)14-16-26(30)31(25)23-11-5-17-32-27(23)28-24(31)12-6-18-33-28/h1-18H. The van der Waals surface area contributed by atoms with Gasteiger partial charge in [-0.25, -0.2) is 0 Å². The fourth-order valence-corrected chi connectivity index (χ4v) is 6.06. The lowest BCUT2D eigenvalue weighted by atomic mass is 9.65. The van der Waals surface area contributed by atoms with Crippen LogP contribution in [0.15, 0.2) is 109 Å². The van der Waals surface area contributed by atoms with Crippen LogP contribution in [-0.2, 0) is 5.41 Å². The van der Waals surface area contributed by atoms with Crippen LogP contribution in [0.2, 0.25) is 0 Å². The summed E-state index contributed by atoms with van der Waals surface area (Å²) in [5.41, 5.74) is 5.91. The van der Waals surface area contributed by atoms with E-state index in [9.17, 15) is 0 Å². The monoisotopic (exact) mass is 434 g/mol. The van der Waals surface area contributed by atoms with Crippen molar-refractivity contribution in [3.63, 3.8) is 0 Å². The SMILES string of the molecule is c1cnc2c(c1)C1(c3cccnc3-2)c2ccc3ccccc3c2Oc2c1ccc1ccccc21. The van der Waals surface area contributed by atoms with Crippen molar-refractivity contribution in [2.24, 2.45) is 0 Å². The molecule has 1 spiro atoms. The van der Waals surface area contributed by atoms with Crippen LogP contribution in [0.25, 0.3) is 32.9 Å². The molecular formula is C31H18N2O. The first kappa shape index (κ1) is 18.0. The summed E-state index contributed by atoms with van der Waals surface area (Å²) in [4.78, 5) is 9.63. The van der Waals surface area contributed by atoms with Crippen LogP contribution in [-0.4, -0.2) is 9.97 Å². The molecule has 0 atom stereocenters. The normalized spacial score (nSPS) is 14.4. The smallest absolute Gasteiger partial charge is 0.140 e. The second-order valence-electron chi connectivity index (χ2n) is 8.98. The summed E-state index contributed by atoms with van der Waals surface area (Å²) in [6.45, 7) is 0. The summed E-state index contributed by atoms with van der Waals surface area (Å²) >= 11 is 0. The highest BCUT2D eigenvalue weighted by molar-refractivity contribution is 5.98. The molecule has 0 amide bonds. The van der Waals surface area contributed by atoms with E-state index in [2.05, 4.69) is 84.9 Å². The van der Waals surface area contributed by atoms with Crippen LogP contribution < -0.4 is 4.74 Å². The van der Waals surface area contributed by atoms with Gasteiger partial charge in [0.25, 0.3) is 0 Å². The summed E-state index contributed by atoms with van der Waals surface area (Å²) in [6.07, 6.45) is 3.72. The maximum Gasteiger partial charge on any atom is 0.140 e. The van der Waals surface area contributed by atoms with Crippen molar-refractivity contribution in [1.82, 2.24) is 9.97 Å². The van der Waals surface area contributed by atoms with Crippen LogP contribution in [0.5, 0.6) is 11.5 Å². The molecule has 1 aliphatic carbocycles. The minimum Gasteiger partial charge on any atom is -0.455 e. The van der Waals surface area contributed by atoms with E-state index in [4.69, 9.17) is 14.7 Å². The number of fused-ring (bicyclic) bond motifs is 13. The average Bonchev–Trinajstić information content (AvgIpc) is 3.20. The molecule has 0 fully saturated rings. The number of rotatable bonds is 0. The highest BCUT2D eigenvalue weighted by Gasteiger charge is 2.52. The Morgan fingerprint density at radius 1 is 0.471 bits per heavy atom. The number of hydrogen-bond acceptors (Lipinski definition) is 3. The van der Waals surface area contributed by atoms with Crippen molar-refractivity contribution >= 4 is 21.5 Å². The Balaban J connectivity index is 1.63. The summed E-state index contributed by atoms with van der Waals surface area (Å²) < 4.78 is 6.88. The van der Waals surface area contributed by atoms with Gasteiger partial charge < -0.3 is 4.74 Å². The van der Waals surface area contributed by atoms with E-state index in [1.165, 1.54) is 0 Å². The first-order valence-corrected chi connectivity index (χ1v) is 11.5. The fourth-order valence-electron chi connectivity index (χ4n) is 6.06. The minimum atomic E-state index is -0.551. The number of aromatic nitrogens is 2. The molecule has 3 nitrogen and oxygen atoms in total. The van der Waals surface area contributed by atoms with Gasteiger partial charge in [0.1, 0.15) is 11.5 Å². The Kier molecular flexibility index (Phi) is 3.33. The predicted octanol–water partition coefficient (Wildman–Crippen LogP) is 7.25. The van der Waals surface area contributed by atoms with E-state index in [0.717, 1.165) is 66.7 Å². The van der Waals surface area contributed by atoms with Gasteiger partial charge in [0.2, 0.25) is 0 Å². The lowest BCUT2D eigenvalue weighted by Gasteiger charge is -2.39. The third kappa shape index (κ3) is 2.03. The average molecular weight is 434 g/mol. The highest BCUT2D eigenvalue weighted by Crippen LogP contribution is 2.62. The zero-order chi connectivity index (χ0) is 22.3. The molecule has 0 radical (unpaired) electrons. The molecule has 2 aromatic heterocycles. The van der Waals surface area contributed by atoms with Gasteiger partial charge in [0.15, 0.2) is 0 Å². The number of ether oxygens (including phenoxy) is 1. The molecule has 2 aliphatic rings. The Labute approximate surface area is 196 Å². The van der Waals surface area contributed by atoms with Crippen molar-refractivity contribution in [2.45, 2.75) is 5.41 Å². The van der Waals surface area contributed by atoms with Crippen molar-refractivity contribution < 1.29 is 4.74 Å². The van der Waals surface area contributed by atoms with E-state index >= 15 is 0 Å². The topological polar surface area (TPSA) is 35.0 Å². The van der Waals surface area contributed by atoms with Crippen molar-refractivity contribution in [2.75, 3.05) is 0 Å². The maximum absolute atomic E-state index is 6.88. The van der Waals surface area contributed by atoms with Crippen molar-refractivity contribution in [3.05, 3.63) is 132 Å². The molecule has 0 saturated heterocycles. The van der Waals surface area contributed by atoms with Gasteiger partial charge in [-0.3, -0.25) is 9.97 Å². The maximum atomic E-state index is 6.88. The molecular weight excluding hydrogens is 416 g/mol. The number of pyridine rings is 2. The van der Waals surface area contributed by atoms with Crippen LogP contribution in [0.3, 0.4) is 0 Å². The van der Waals surface area contributed by atoms with Gasteiger partial charge in [-0.1, -0.05) is 84.9 Å². The van der Waals surface area contributed by atoms with Crippen LogP contribution >= 0.6 is 0 Å². The zero-order valence-corrected chi connectivity index (χ0v) is 18.2. The van der Waals surface area contributed by atoms with Crippen LogP contribution in [0.1, 0.15) is 22.3 Å². The largest absolute Gasteiger partial charge is 0.455 e. The molecule has 3 heterocycles. The van der Waals surface area contributed by atoms with Crippen molar-refractivity contribution in [3.8, 4) is 22.9 Å². The molecule has 4 aromatic carbocycles. The highest BCUT2D eigenvalue weighted by atomic mass is 16.5. The summed E-state index contributed by atoms with van der Waals surface area (Å²) in [6, 6.07) is 34.2. The Hall–Kier alpha value is -4.50. The Morgan fingerprint density at radius 2 is 0.971 bits per heavy atom. The lowest BCUT2D eigenvalue weighted by molar-refractivity contribution is 0.447. The van der Waals surface area contributed by atoms with E-state index in [1.807, 2.05) is 24.5 Å². The summed E-state index contributed by atoms with van der Waals surface area (Å²) in [5.74, 6) is 1.82. The second-order valence-corrected chi connectivity index (χ2v) is 8.98. The third-order valence-corrected chi connectivity index (χ3v) is 7.42. The second kappa shape index (κ2) is 6.30. The van der Waals surface area contributed by atoms with Crippen molar-refractivity contribution in [1.29, 1.82) is 0 Å². The zero-order valence-electron chi connectivity index (χ0n) is 18.2. The van der Waals surface area contributed by atoms with Gasteiger partial charge in [-0.05, 0) is 34.0 Å². The van der Waals surface area contributed by atoms with E-state index in [-0.39, 0.29) is 0 Å². The molecule has 158 valence electrons. The first-order valence-electron chi connectivity index (χ1n) is 11.5. The quantitative estimate of drug-likeness (QED) is 0.252. The summed E-state index contributed by atoms with van der Waals surface area (Å²) in [7, 11) is 0. The molecule has 6 aromatic rings. The molecule has 0 saturated carbocycles. The van der Waals surface area contributed by atoms with Gasteiger partial charge in [-0.2, -0.15) is 0 Å². The molecule has 0 unspecified atom stereocenters. The third-order valence-electron chi connectivity index (χ3n) is 7.42. The predicted molar refractivity (Wildman–Crippen MR) is 134 cm³/mol. The van der Waals surface area contributed by atoms with Gasteiger partial charge in [0.05, 0.1) is 16.8 Å². The van der Waals surface area contributed by atoms with Crippen LogP contribution in [0.4, 0.5) is 0 Å². The molecule has 1 aliphatic heterocycles. The molecule has 0 bridgehead atoms. The molecule has 8 rings (SSSR count). The van der Waals surface area contributed by atoms with E-state index in [1.54, 1.807) is 0 Å². The fraction of sp³-hybridized carbons (Fsp3) is 0.0323. The van der Waals surface area contributed by atoms with E-state index < -0.39 is 5.41 Å². The number of benzene rings is 4. The van der Waals surface area contributed by atoms with E-state index in [0.29, 0.717) is 0 Å². The number of hydrogen-bond donors (Lipinski definition) is 0. The lowest BCUT2D eigenvalue weighted by Crippen LogP contribution is -2.32. The van der Waals surface area contributed by atoms with Gasteiger partial charge in [-0.15, -0.1) is 0 Å². The molecule has 3 heteroatoms. The molecule has 34 heavy (non-hydrogen) atoms. The molecule has 0 N–H and O–H groups in total. The first-order chi connectivity index (χ1) is 16.9.